The Labute approximate surface area is 108 Å². The van der Waals surface area contributed by atoms with Crippen molar-refractivity contribution in [1.82, 2.24) is 19.9 Å². The minimum atomic E-state index is -0.291. The van der Waals surface area contributed by atoms with E-state index in [0.29, 0.717) is 17.7 Å². The molecule has 0 spiro atoms. The number of anilines is 1. The standard InChI is InChI=1S/C12H12N6O/c13-18(6-8-4-2-1-3-5-8)12-16-10-9(11(19)17-12)14-7-15-10/h1-5,7H,6,13H2,(H2,14,15,16,17,19). The van der Waals surface area contributed by atoms with Gasteiger partial charge < -0.3 is 4.98 Å². The van der Waals surface area contributed by atoms with E-state index in [-0.39, 0.29) is 11.5 Å². The summed E-state index contributed by atoms with van der Waals surface area (Å²) in [7, 11) is 0. The van der Waals surface area contributed by atoms with Crippen LogP contribution >= 0.6 is 0 Å². The Morgan fingerprint density at radius 3 is 2.84 bits per heavy atom. The molecule has 7 nitrogen and oxygen atoms in total. The molecule has 0 saturated carbocycles. The van der Waals surface area contributed by atoms with E-state index in [2.05, 4.69) is 19.9 Å². The van der Waals surface area contributed by atoms with Gasteiger partial charge in [-0.2, -0.15) is 4.98 Å². The van der Waals surface area contributed by atoms with Crippen molar-refractivity contribution in [3.8, 4) is 0 Å². The first-order valence-corrected chi connectivity index (χ1v) is 5.73. The highest BCUT2D eigenvalue weighted by atomic mass is 16.1. The zero-order valence-corrected chi connectivity index (χ0v) is 10.00. The molecule has 3 aromatic rings. The lowest BCUT2D eigenvalue weighted by Crippen LogP contribution is -2.33. The van der Waals surface area contributed by atoms with Crippen LogP contribution in [0.15, 0.2) is 41.5 Å². The van der Waals surface area contributed by atoms with E-state index in [0.717, 1.165) is 5.56 Å². The Morgan fingerprint density at radius 1 is 1.26 bits per heavy atom. The first-order valence-electron chi connectivity index (χ1n) is 5.73. The molecule has 2 aromatic heterocycles. The van der Waals surface area contributed by atoms with Gasteiger partial charge in [-0.1, -0.05) is 30.3 Å². The van der Waals surface area contributed by atoms with Crippen LogP contribution in [0.1, 0.15) is 5.56 Å². The van der Waals surface area contributed by atoms with Gasteiger partial charge >= 0.3 is 0 Å². The fourth-order valence-electron chi connectivity index (χ4n) is 1.82. The van der Waals surface area contributed by atoms with Gasteiger partial charge in [0.2, 0.25) is 5.95 Å². The molecule has 0 aliphatic carbocycles. The molecule has 2 heterocycles. The SMILES string of the molecule is NN(Cc1ccccc1)c1nc2nc[nH]c2c(=O)[nH]1. The second-order valence-corrected chi connectivity index (χ2v) is 4.10. The summed E-state index contributed by atoms with van der Waals surface area (Å²) in [5.74, 6) is 6.20. The number of nitrogens with zero attached hydrogens (tertiary/aromatic N) is 3. The van der Waals surface area contributed by atoms with Gasteiger partial charge in [-0.15, -0.1) is 0 Å². The summed E-state index contributed by atoms with van der Waals surface area (Å²) in [6.45, 7) is 0.444. The third-order valence-electron chi connectivity index (χ3n) is 2.75. The van der Waals surface area contributed by atoms with Crippen LogP contribution in [-0.4, -0.2) is 19.9 Å². The van der Waals surface area contributed by atoms with E-state index < -0.39 is 0 Å². The first-order chi connectivity index (χ1) is 9.24. The summed E-state index contributed by atoms with van der Waals surface area (Å²) in [6, 6.07) is 9.68. The van der Waals surface area contributed by atoms with E-state index in [1.807, 2.05) is 30.3 Å². The number of aromatic nitrogens is 4. The number of hydrogen-bond acceptors (Lipinski definition) is 5. The van der Waals surface area contributed by atoms with Crippen molar-refractivity contribution in [1.29, 1.82) is 0 Å². The molecule has 3 rings (SSSR count). The maximum absolute atomic E-state index is 11.8. The van der Waals surface area contributed by atoms with Crippen LogP contribution in [0.3, 0.4) is 0 Å². The predicted molar refractivity (Wildman–Crippen MR) is 71.3 cm³/mol. The minimum absolute atomic E-state index is 0.286. The Hall–Kier alpha value is -2.67. The van der Waals surface area contributed by atoms with Crippen molar-refractivity contribution in [3.05, 3.63) is 52.6 Å². The average molecular weight is 256 g/mol. The number of aromatic amines is 2. The van der Waals surface area contributed by atoms with Crippen LogP contribution in [0.2, 0.25) is 0 Å². The summed E-state index contributed by atoms with van der Waals surface area (Å²) >= 11 is 0. The zero-order valence-electron chi connectivity index (χ0n) is 10.00. The van der Waals surface area contributed by atoms with Crippen molar-refractivity contribution < 1.29 is 0 Å². The van der Waals surface area contributed by atoms with Gasteiger partial charge in [0.05, 0.1) is 12.9 Å². The lowest BCUT2D eigenvalue weighted by atomic mass is 10.2. The molecule has 0 saturated heterocycles. The first kappa shape index (κ1) is 11.4. The number of hydrazine groups is 1. The molecule has 0 aliphatic rings. The molecule has 19 heavy (non-hydrogen) atoms. The topological polar surface area (TPSA) is 104 Å². The number of nitrogens with two attached hydrogens (primary N) is 1. The Balaban J connectivity index is 1.93. The maximum atomic E-state index is 11.8. The van der Waals surface area contributed by atoms with Crippen LogP contribution in [0.5, 0.6) is 0 Å². The van der Waals surface area contributed by atoms with E-state index in [4.69, 9.17) is 5.84 Å². The largest absolute Gasteiger partial charge is 0.339 e. The number of rotatable bonds is 3. The van der Waals surface area contributed by atoms with Crippen LogP contribution in [-0.2, 0) is 6.54 Å². The summed E-state index contributed by atoms with van der Waals surface area (Å²) in [5.41, 5.74) is 1.43. The fourth-order valence-corrected chi connectivity index (χ4v) is 1.82. The second kappa shape index (κ2) is 4.54. The monoisotopic (exact) mass is 256 g/mol. The Morgan fingerprint density at radius 2 is 2.05 bits per heavy atom. The van der Waals surface area contributed by atoms with Gasteiger partial charge in [0.25, 0.3) is 5.56 Å². The number of H-pyrrole nitrogens is 2. The fraction of sp³-hybridized carbons (Fsp3) is 0.0833. The quantitative estimate of drug-likeness (QED) is 0.468. The molecule has 0 amide bonds. The normalized spacial score (nSPS) is 10.8. The lowest BCUT2D eigenvalue weighted by Gasteiger charge is -2.16. The van der Waals surface area contributed by atoms with E-state index in [9.17, 15) is 4.79 Å². The maximum Gasteiger partial charge on any atom is 0.278 e. The highest BCUT2D eigenvalue weighted by Gasteiger charge is 2.10. The number of fused-ring (bicyclic) bond motifs is 1. The molecule has 96 valence electrons. The predicted octanol–water partition coefficient (Wildman–Crippen LogP) is 0.526. The third kappa shape index (κ3) is 2.18. The van der Waals surface area contributed by atoms with Crippen LogP contribution < -0.4 is 16.4 Å². The van der Waals surface area contributed by atoms with Gasteiger partial charge in [0.1, 0.15) is 0 Å². The summed E-state index contributed by atoms with van der Waals surface area (Å²) in [4.78, 5) is 25.3. The Bertz CT molecular complexity index is 748. The minimum Gasteiger partial charge on any atom is -0.339 e. The highest BCUT2D eigenvalue weighted by Crippen LogP contribution is 2.09. The third-order valence-corrected chi connectivity index (χ3v) is 2.75. The van der Waals surface area contributed by atoms with Gasteiger partial charge in [-0.25, -0.2) is 10.8 Å². The average Bonchev–Trinajstić information content (AvgIpc) is 2.88. The molecule has 1 aromatic carbocycles. The molecule has 0 aliphatic heterocycles. The molecule has 0 radical (unpaired) electrons. The lowest BCUT2D eigenvalue weighted by molar-refractivity contribution is 0.807. The van der Waals surface area contributed by atoms with Crippen LogP contribution in [0, 0.1) is 0 Å². The molecule has 0 bridgehead atoms. The van der Waals surface area contributed by atoms with Gasteiger partial charge in [0, 0.05) is 0 Å². The van der Waals surface area contributed by atoms with E-state index in [1.165, 1.54) is 11.3 Å². The number of nitrogens with one attached hydrogen (secondary N) is 2. The molecular weight excluding hydrogens is 244 g/mol. The van der Waals surface area contributed by atoms with Gasteiger partial charge in [-0.3, -0.25) is 14.8 Å². The van der Waals surface area contributed by atoms with Crippen molar-refractivity contribution in [2.45, 2.75) is 6.54 Å². The van der Waals surface area contributed by atoms with Crippen LogP contribution in [0.4, 0.5) is 5.95 Å². The molecule has 4 N–H and O–H groups in total. The summed E-state index contributed by atoms with van der Waals surface area (Å²) in [6.07, 6.45) is 1.43. The zero-order chi connectivity index (χ0) is 13.2. The molecule has 0 atom stereocenters. The van der Waals surface area contributed by atoms with Crippen molar-refractivity contribution in [2.75, 3.05) is 5.01 Å². The van der Waals surface area contributed by atoms with Gasteiger partial charge in [0.15, 0.2) is 11.2 Å². The summed E-state index contributed by atoms with van der Waals surface area (Å²) in [5, 5.41) is 1.38. The summed E-state index contributed by atoms with van der Waals surface area (Å²) < 4.78 is 0. The van der Waals surface area contributed by atoms with Gasteiger partial charge in [-0.05, 0) is 5.56 Å². The Kier molecular flexibility index (Phi) is 2.73. The molecule has 7 heteroatoms. The van der Waals surface area contributed by atoms with E-state index >= 15 is 0 Å². The smallest absolute Gasteiger partial charge is 0.278 e. The number of imidazole rings is 1. The molecule has 0 unspecified atom stereocenters. The highest BCUT2D eigenvalue weighted by molar-refractivity contribution is 5.69. The molecule has 0 fully saturated rings. The van der Waals surface area contributed by atoms with Crippen molar-refractivity contribution >= 4 is 17.1 Å². The number of hydrogen-bond donors (Lipinski definition) is 3. The second-order valence-electron chi connectivity index (χ2n) is 4.10. The number of benzene rings is 1. The van der Waals surface area contributed by atoms with Crippen LogP contribution in [0.25, 0.3) is 11.2 Å². The van der Waals surface area contributed by atoms with Crippen molar-refractivity contribution in [2.24, 2.45) is 5.84 Å². The van der Waals surface area contributed by atoms with Crippen molar-refractivity contribution in [3.63, 3.8) is 0 Å². The van der Waals surface area contributed by atoms with E-state index in [1.54, 1.807) is 0 Å². The molecular formula is C12H12N6O.